The Labute approximate surface area is 241 Å². The fourth-order valence-corrected chi connectivity index (χ4v) is 3.87. The zero-order valence-corrected chi connectivity index (χ0v) is 24.3. The normalized spacial score (nSPS) is 13.8. The summed E-state index contributed by atoms with van der Waals surface area (Å²) in [6.07, 6.45) is -1.05. The number of ether oxygens (including phenoxy) is 3. The molecule has 2 aromatic carbocycles. The Hall–Kier alpha value is -2.54. The molecule has 5 N–H and O–H groups in total. The number of Topliss-reactive ketones (excluding diaryl/α,β-unsaturated/α-hetero) is 2. The maximum absolute atomic E-state index is 12.4. The maximum atomic E-state index is 12.4. The van der Waals surface area contributed by atoms with Crippen molar-refractivity contribution in [2.75, 3.05) is 39.6 Å². The Morgan fingerprint density at radius 2 is 1.07 bits per heavy atom. The molecule has 228 valence electrons. The van der Waals surface area contributed by atoms with Crippen molar-refractivity contribution < 1.29 is 49.3 Å². The van der Waals surface area contributed by atoms with Crippen LogP contribution in [0, 0.1) is 0 Å². The van der Waals surface area contributed by atoms with E-state index in [9.17, 15) is 30.0 Å². The van der Waals surface area contributed by atoms with Gasteiger partial charge in [-0.1, -0.05) is 48.5 Å². The Morgan fingerprint density at radius 3 is 1.44 bits per heavy atom. The first kappa shape index (κ1) is 34.7. The van der Waals surface area contributed by atoms with Crippen molar-refractivity contribution in [3.8, 4) is 0 Å². The van der Waals surface area contributed by atoms with Crippen molar-refractivity contribution in [2.45, 2.75) is 70.1 Å². The van der Waals surface area contributed by atoms with Gasteiger partial charge in [-0.15, -0.1) is 0 Å². The van der Waals surface area contributed by atoms with Crippen molar-refractivity contribution >= 4 is 11.6 Å². The number of carbonyl (C=O) groups excluding carboxylic acids is 2. The molecule has 0 saturated heterocycles. The fourth-order valence-electron chi connectivity index (χ4n) is 3.87. The third kappa shape index (κ3) is 11.7. The van der Waals surface area contributed by atoms with Gasteiger partial charge >= 0.3 is 0 Å². The molecule has 10 heteroatoms. The van der Waals surface area contributed by atoms with Gasteiger partial charge in [-0.2, -0.15) is 0 Å². The molecule has 0 aliphatic carbocycles. The van der Waals surface area contributed by atoms with Crippen LogP contribution in [0.1, 0.15) is 78.5 Å². The van der Waals surface area contributed by atoms with Crippen LogP contribution in [-0.4, -0.2) is 100 Å². The molecule has 0 fully saturated rings. The molecule has 0 radical (unpaired) electrons. The molecule has 0 saturated carbocycles. The number of aliphatic hydroxyl groups is 5. The average molecular weight is 577 g/mol. The summed E-state index contributed by atoms with van der Waals surface area (Å²) in [5, 5.41) is 48.6. The highest BCUT2D eigenvalue weighted by Gasteiger charge is 2.27. The van der Waals surface area contributed by atoms with Gasteiger partial charge in [0.15, 0.2) is 11.6 Å². The van der Waals surface area contributed by atoms with Crippen LogP contribution in [-0.2, 0) is 14.2 Å². The van der Waals surface area contributed by atoms with Crippen LogP contribution in [0.25, 0.3) is 0 Å². The molecule has 0 heterocycles. The first-order valence-electron chi connectivity index (χ1n) is 13.7. The van der Waals surface area contributed by atoms with Crippen LogP contribution >= 0.6 is 0 Å². The molecule has 0 aliphatic rings. The second-order valence-corrected chi connectivity index (χ2v) is 11.1. The van der Waals surface area contributed by atoms with E-state index in [4.69, 9.17) is 19.3 Å². The van der Waals surface area contributed by atoms with Gasteiger partial charge < -0.3 is 39.7 Å². The Balaban J connectivity index is 2.03. The molecule has 41 heavy (non-hydrogen) atoms. The lowest BCUT2D eigenvalue weighted by Gasteiger charge is -2.22. The number of ketones is 2. The van der Waals surface area contributed by atoms with Gasteiger partial charge in [0, 0.05) is 24.3 Å². The Morgan fingerprint density at radius 1 is 0.683 bits per heavy atom. The van der Waals surface area contributed by atoms with Gasteiger partial charge in [0.05, 0.1) is 26.4 Å². The van der Waals surface area contributed by atoms with E-state index in [1.807, 2.05) is 0 Å². The molecular weight excluding hydrogens is 532 g/mol. The van der Waals surface area contributed by atoms with Crippen molar-refractivity contribution in [1.29, 1.82) is 0 Å². The molecule has 0 aromatic heterocycles. The highest BCUT2D eigenvalue weighted by molar-refractivity contribution is 6.02. The predicted octanol–water partition coefficient (Wildman–Crippen LogP) is 2.23. The van der Waals surface area contributed by atoms with Gasteiger partial charge in [-0.25, -0.2) is 0 Å². The lowest BCUT2D eigenvalue weighted by atomic mass is 9.92. The molecule has 0 amide bonds. The minimum Gasteiger partial charge on any atom is -0.394 e. The van der Waals surface area contributed by atoms with Crippen LogP contribution in [0.2, 0.25) is 0 Å². The minimum atomic E-state index is -1.51. The Kier molecular flexibility index (Phi) is 13.7. The van der Waals surface area contributed by atoms with Crippen molar-refractivity contribution in [3.05, 3.63) is 70.8 Å². The van der Waals surface area contributed by atoms with E-state index >= 15 is 0 Å². The van der Waals surface area contributed by atoms with E-state index in [1.165, 1.54) is 27.7 Å². The summed E-state index contributed by atoms with van der Waals surface area (Å²) >= 11 is 0. The van der Waals surface area contributed by atoms with Crippen molar-refractivity contribution in [3.63, 3.8) is 0 Å². The highest BCUT2D eigenvalue weighted by Crippen LogP contribution is 2.28. The van der Waals surface area contributed by atoms with Crippen LogP contribution < -0.4 is 0 Å². The zero-order chi connectivity index (χ0) is 30.6. The first-order chi connectivity index (χ1) is 19.2. The zero-order valence-electron chi connectivity index (χ0n) is 24.3. The largest absolute Gasteiger partial charge is 0.394 e. The summed E-state index contributed by atoms with van der Waals surface area (Å²) in [5.41, 5.74) is -0.958. The van der Waals surface area contributed by atoms with E-state index in [0.29, 0.717) is 48.3 Å². The summed E-state index contributed by atoms with van der Waals surface area (Å²) in [4.78, 5) is 24.9. The summed E-state index contributed by atoms with van der Waals surface area (Å²) in [6.45, 7) is 6.25. The topological polar surface area (TPSA) is 163 Å². The number of hydrogen-bond donors (Lipinski definition) is 5. The lowest BCUT2D eigenvalue weighted by molar-refractivity contribution is -0.0372. The van der Waals surface area contributed by atoms with Gasteiger partial charge in [-0.05, 0) is 51.7 Å². The number of aliphatic hydroxyl groups excluding tert-OH is 3. The maximum Gasteiger partial charge on any atom is 0.193 e. The summed E-state index contributed by atoms with van der Waals surface area (Å²) in [7, 11) is 0. The summed E-state index contributed by atoms with van der Waals surface area (Å²) in [5.74, 6) is -0.837. The Bertz CT molecular complexity index is 999. The molecule has 0 spiro atoms. The van der Waals surface area contributed by atoms with Crippen molar-refractivity contribution in [2.24, 2.45) is 0 Å². The van der Waals surface area contributed by atoms with Crippen molar-refractivity contribution in [1.82, 2.24) is 0 Å². The smallest absolute Gasteiger partial charge is 0.193 e. The summed E-state index contributed by atoms with van der Waals surface area (Å²) < 4.78 is 16.9. The van der Waals surface area contributed by atoms with Gasteiger partial charge in [0.1, 0.15) is 29.5 Å². The second-order valence-electron chi connectivity index (χ2n) is 11.1. The molecule has 2 aromatic rings. The molecule has 0 bridgehead atoms. The molecule has 2 atom stereocenters. The van der Waals surface area contributed by atoms with Crippen LogP contribution in [0.15, 0.2) is 48.5 Å². The number of unbranched alkanes of at least 4 members (excludes halogenated alkanes) is 1. The predicted molar refractivity (Wildman–Crippen MR) is 152 cm³/mol. The highest BCUT2D eigenvalue weighted by atomic mass is 16.5. The summed E-state index contributed by atoms with van der Waals surface area (Å²) in [6, 6.07) is 13.3. The van der Waals surface area contributed by atoms with E-state index in [-0.39, 0.29) is 26.4 Å². The molecule has 10 nitrogen and oxygen atoms in total. The molecule has 0 aliphatic heterocycles. The third-order valence-corrected chi connectivity index (χ3v) is 6.18. The monoisotopic (exact) mass is 576 g/mol. The van der Waals surface area contributed by atoms with Crippen LogP contribution in [0.5, 0.6) is 0 Å². The minimum absolute atomic E-state index is 0.0504. The third-order valence-electron chi connectivity index (χ3n) is 6.18. The first-order valence-corrected chi connectivity index (χ1v) is 13.7. The van der Waals surface area contributed by atoms with E-state index < -0.39 is 41.1 Å². The number of rotatable bonds is 19. The van der Waals surface area contributed by atoms with E-state index in [2.05, 4.69) is 0 Å². The van der Waals surface area contributed by atoms with Crippen LogP contribution in [0.3, 0.4) is 0 Å². The van der Waals surface area contributed by atoms with Gasteiger partial charge in [0.25, 0.3) is 0 Å². The van der Waals surface area contributed by atoms with Gasteiger partial charge in [-0.3, -0.25) is 9.59 Å². The molecule has 2 rings (SSSR count). The molecular formula is C31H44O10. The quantitative estimate of drug-likeness (QED) is 0.124. The van der Waals surface area contributed by atoms with E-state index in [0.717, 1.165) is 0 Å². The SMILES string of the molecule is CC(C)(O)C(=O)c1ccc(C(OCC(O)COCCCCOCC(O)CO)c2ccc(C(=O)C(C)(C)O)cc2)cc1. The van der Waals surface area contributed by atoms with Gasteiger partial charge in [0.2, 0.25) is 0 Å². The lowest BCUT2D eigenvalue weighted by Crippen LogP contribution is -2.31. The number of benzene rings is 2. The average Bonchev–Trinajstić information content (AvgIpc) is 2.93. The fraction of sp³-hybridized carbons (Fsp3) is 0.548. The second kappa shape index (κ2) is 16.2. The number of hydrogen-bond acceptors (Lipinski definition) is 10. The molecule has 2 unspecified atom stereocenters. The number of carbonyl (C=O) groups is 2. The van der Waals surface area contributed by atoms with E-state index in [1.54, 1.807) is 48.5 Å². The van der Waals surface area contributed by atoms with Crippen LogP contribution in [0.4, 0.5) is 0 Å². The standard InChI is InChI=1S/C31H44O10/c1-30(2,37)28(35)23-11-7-21(8-12-23)27(22-9-13-24(14-10-22)29(36)31(3,4)38)41-20-26(34)19-40-16-6-5-15-39-18-25(33)17-32/h7-14,25-27,32-34,37-38H,5-6,15-20H2,1-4H3.